The normalized spacial score (nSPS) is 14.3. The van der Waals surface area contributed by atoms with Gasteiger partial charge in [0.05, 0.1) is 24.2 Å². The number of amides is 3. The van der Waals surface area contributed by atoms with Crippen LogP contribution in [0.1, 0.15) is 43.5 Å². The standard InChI is InChI=1S/C34H42N4O8/c1-22(2)30(38-34(45)46-21-25-15-9-10-18-35-25)33(44)37-27(20-24-13-7-4-8-14-24)32(43)31(42)26(19-23-11-5-3-6-12-23)36-28(39)16-17-29(40)41/h3-15,18,22,26-27,30-32,42-43H,16-17,19-21H2,1-2H3,(H,36,39)(H,37,44)(H,38,45)(H,40,41)/t26-,27-,30-,31+,32-/m0/s1. The number of nitrogens with one attached hydrogen (secondary N) is 3. The van der Waals surface area contributed by atoms with Gasteiger partial charge in [-0.15, -0.1) is 0 Å². The number of hydrogen-bond donors (Lipinski definition) is 6. The van der Waals surface area contributed by atoms with Gasteiger partial charge in [-0.25, -0.2) is 4.79 Å². The highest BCUT2D eigenvalue weighted by Crippen LogP contribution is 2.16. The van der Waals surface area contributed by atoms with Gasteiger partial charge in [0.15, 0.2) is 0 Å². The van der Waals surface area contributed by atoms with E-state index < -0.39 is 60.6 Å². The number of benzene rings is 2. The van der Waals surface area contributed by atoms with Crippen LogP contribution in [-0.2, 0) is 38.6 Å². The third-order valence-corrected chi connectivity index (χ3v) is 7.31. The minimum atomic E-state index is -1.58. The topological polar surface area (TPSA) is 187 Å². The third kappa shape index (κ3) is 11.9. The number of pyridine rings is 1. The fourth-order valence-corrected chi connectivity index (χ4v) is 4.82. The molecule has 246 valence electrons. The summed E-state index contributed by atoms with van der Waals surface area (Å²) in [5, 5.41) is 40.1. The lowest BCUT2D eigenvalue weighted by molar-refractivity contribution is -0.139. The predicted molar refractivity (Wildman–Crippen MR) is 169 cm³/mol. The fraction of sp³-hybridized carbons (Fsp3) is 0.382. The minimum absolute atomic E-state index is 0.0956. The van der Waals surface area contributed by atoms with Gasteiger partial charge in [0, 0.05) is 12.6 Å². The van der Waals surface area contributed by atoms with Crippen molar-refractivity contribution in [3.8, 4) is 0 Å². The first-order valence-electron chi connectivity index (χ1n) is 15.1. The lowest BCUT2D eigenvalue weighted by Gasteiger charge is -2.34. The summed E-state index contributed by atoms with van der Waals surface area (Å²) in [4.78, 5) is 54.0. The van der Waals surface area contributed by atoms with Crippen LogP contribution in [0.2, 0.25) is 0 Å². The van der Waals surface area contributed by atoms with E-state index in [4.69, 9.17) is 9.84 Å². The van der Waals surface area contributed by atoms with E-state index in [9.17, 15) is 29.4 Å². The first-order chi connectivity index (χ1) is 22.0. The van der Waals surface area contributed by atoms with Crippen molar-refractivity contribution >= 4 is 23.9 Å². The van der Waals surface area contributed by atoms with Crippen molar-refractivity contribution in [3.05, 3.63) is 102 Å². The summed E-state index contributed by atoms with van der Waals surface area (Å²) >= 11 is 0. The van der Waals surface area contributed by atoms with E-state index >= 15 is 0 Å². The number of aliphatic hydroxyl groups is 2. The molecule has 0 aliphatic rings. The summed E-state index contributed by atoms with van der Waals surface area (Å²) in [5.74, 6) is -2.73. The Morgan fingerprint density at radius 2 is 1.28 bits per heavy atom. The largest absolute Gasteiger partial charge is 0.481 e. The molecule has 0 unspecified atom stereocenters. The zero-order chi connectivity index (χ0) is 33.5. The SMILES string of the molecule is CC(C)[C@H](NC(=O)OCc1ccccn1)C(=O)N[C@@H](Cc1ccccc1)[C@H](O)[C@H](O)[C@H](Cc1ccccc1)NC(=O)CCC(=O)O. The molecular weight excluding hydrogens is 592 g/mol. The summed E-state index contributed by atoms with van der Waals surface area (Å²) in [6, 6.07) is 20.1. The summed E-state index contributed by atoms with van der Waals surface area (Å²) in [6.45, 7) is 3.38. The van der Waals surface area contributed by atoms with Crippen molar-refractivity contribution in [1.29, 1.82) is 0 Å². The number of hydrogen-bond acceptors (Lipinski definition) is 8. The number of aliphatic carboxylic acids is 1. The molecule has 3 aromatic rings. The molecule has 0 aliphatic carbocycles. The molecule has 0 saturated heterocycles. The third-order valence-electron chi connectivity index (χ3n) is 7.31. The number of aromatic nitrogens is 1. The Balaban J connectivity index is 1.80. The van der Waals surface area contributed by atoms with Crippen molar-refractivity contribution < 1.29 is 39.2 Å². The molecule has 3 amide bonds. The number of carboxylic acids is 1. The number of ether oxygens (including phenoxy) is 1. The maximum Gasteiger partial charge on any atom is 0.408 e. The lowest BCUT2D eigenvalue weighted by Crippen LogP contribution is -2.60. The van der Waals surface area contributed by atoms with Crippen molar-refractivity contribution in [2.24, 2.45) is 5.92 Å². The van der Waals surface area contributed by atoms with Crippen LogP contribution in [0, 0.1) is 5.92 Å². The Morgan fingerprint density at radius 1 is 0.739 bits per heavy atom. The molecule has 0 radical (unpaired) electrons. The smallest absolute Gasteiger partial charge is 0.408 e. The molecule has 12 heteroatoms. The number of carboxylic acid groups (broad SMARTS) is 1. The second-order valence-corrected chi connectivity index (χ2v) is 11.3. The van der Waals surface area contributed by atoms with Crippen molar-refractivity contribution in [2.45, 2.75) is 76.5 Å². The Labute approximate surface area is 268 Å². The fourth-order valence-electron chi connectivity index (χ4n) is 4.82. The molecule has 46 heavy (non-hydrogen) atoms. The quantitative estimate of drug-likeness (QED) is 0.130. The van der Waals surface area contributed by atoms with Gasteiger partial charge in [-0.3, -0.25) is 19.4 Å². The van der Waals surface area contributed by atoms with E-state index in [1.165, 1.54) is 0 Å². The lowest BCUT2D eigenvalue weighted by atomic mass is 9.90. The van der Waals surface area contributed by atoms with Crippen LogP contribution in [0.5, 0.6) is 0 Å². The van der Waals surface area contributed by atoms with Crippen LogP contribution in [0.4, 0.5) is 4.79 Å². The number of rotatable bonds is 17. The van der Waals surface area contributed by atoms with Gasteiger partial charge < -0.3 is 36.0 Å². The van der Waals surface area contributed by atoms with Crippen molar-refractivity contribution in [3.63, 3.8) is 0 Å². The van der Waals surface area contributed by atoms with E-state index in [0.29, 0.717) is 5.69 Å². The van der Waals surface area contributed by atoms with Crippen LogP contribution in [-0.4, -0.2) is 74.5 Å². The molecule has 2 aromatic carbocycles. The van der Waals surface area contributed by atoms with E-state index in [1.807, 2.05) is 12.1 Å². The second-order valence-electron chi connectivity index (χ2n) is 11.3. The highest BCUT2D eigenvalue weighted by Gasteiger charge is 2.36. The van der Waals surface area contributed by atoms with Crippen LogP contribution in [0.15, 0.2) is 85.1 Å². The first kappa shape index (κ1) is 35.7. The Morgan fingerprint density at radius 3 is 1.78 bits per heavy atom. The van der Waals surface area contributed by atoms with Crippen molar-refractivity contribution in [2.75, 3.05) is 0 Å². The molecule has 0 bridgehead atoms. The van der Waals surface area contributed by atoms with Gasteiger partial charge >= 0.3 is 12.1 Å². The zero-order valence-electron chi connectivity index (χ0n) is 25.9. The number of aliphatic hydroxyl groups excluding tert-OH is 2. The molecule has 1 aromatic heterocycles. The Kier molecular flexibility index (Phi) is 14.1. The van der Waals surface area contributed by atoms with Gasteiger partial charge in [-0.05, 0) is 42.0 Å². The second kappa shape index (κ2) is 18.2. The number of alkyl carbamates (subject to hydrolysis) is 1. The summed E-state index contributed by atoms with van der Waals surface area (Å²) < 4.78 is 5.25. The highest BCUT2D eigenvalue weighted by atomic mass is 16.5. The number of nitrogens with zero attached hydrogens (tertiary/aromatic N) is 1. The van der Waals surface area contributed by atoms with Crippen LogP contribution < -0.4 is 16.0 Å². The molecule has 0 fully saturated rings. The van der Waals surface area contributed by atoms with Gasteiger partial charge in [-0.2, -0.15) is 0 Å². The van der Waals surface area contributed by atoms with Gasteiger partial charge in [0.1, 0.15) is 24.9 Å². The Hall–Kier alpha value is -4.81. The van der Waals surface area contributed by atoms with E-state index in [1.54, 1.807) is 86.8 Å². The van der Waals surface area contributed by atoms with Crippen LogP contribution in [0.25, 0.3) is 0 Å². The zero-order valence-corrected chi connectivity index (χ0v) is 25.9. The van der Waals surface area contributed by atoms with E-state index in [2.05, 4.69) is 20.9 Å². The highest BCUT2D eigenvalue weighted by molar-refractivity contribution is 5.86. The minimum Gasteiger partial charge on any atom is -0.481 e. The first-order valence-corrected chi connectivity index (χ1v) is 15.1. The number of carbonyl (C=O) groups is 4. The molecule has 0 aliphatic heterocycles. The maximum absolute atomic E-state index is 13.6. The monoisotopic (exact) mass is 634 g/mol. The van der Waals surface area contributed by atoms with E-state index in [-0.39, 0.29) is 31.8 Å². The van der Waals surface area contributed by atoms with Gasteiger partial charge in [0.25, 0.3) is 0 Å². The molecule has 3 rings (SSSR count). The van der Waals surface area contributed by atoms with E-state index in [0.717, 1.165) is 11.1 Å². The average molecular weight is 635 g/mol. The molecule has 12 nitrogen and oxygen atoms in total. The molecule has 1 heterocycles. The van der Waals surface area contributed by atoms with Crippen LogP contribution in [0.3, 0.4) is 0 Å². The summed E-state index contributed by atoms with van der Waals surface area (Å²) in [5.41, 5.74) is 2.05. The molecule has 0 spiro atoms. The predicted octanol–water partition coefficient (Wildman–Crippen LogP) is 2.37. The van der Waals surface area contributed by atoms with Crippen LogP contribution >= 0.6 is 0 Å². The van der Waals surface area contributed by atoms with Gasteiger partial charge in [-0.1, -0.05) is 80.6 Å². The molecule has 6 N–H and O–H groups in total. The summed E-state index contributed by atoms with van der Waals surface area (Å²) in [6.07, 6.45) is -2.88. The maximum atomic E-state index is 13.6. The van der Waals surface area contributed by atoms with Gasteiger partial charge in [0.2, 0.25) is 11.8 Å². The Bertz CT molecular complexity index is 1390. The summed E-state index contributed by atoms with van der Waals surface area (Å²) in [7, 11) is 0. The molecular formula is C34H42N4O8. The number of carbonyl (C=O) groups excluding carboxylic acids is 3. The van der Waals surface area contributed by atoms with Crippen molar-refractivity contribution in [1.82, 2.24) is 20.9 Å². The molecule has 0 saturated carbocycles. The average Bonchev–Trinajstić information content (AvgIpc) is 3.05. The molecule has 5 atom stereocenters.